The zero-order chi connectivity index (χ0) is 21.0. The molecule has 2 aliphatic rings. The molecule has 2 aliphatic heterocycles. The summed E-state index contributed by atoms with van der Waals surface area (Å²) in [6.45, 7) is 3.87. The number of nitrogens with zero attached hydrogens (tertiary/aromatic N) is 2. The average molecular weight is 411 g/mol. The van der Waals surface area contributed by atoms with Gasteiger partial charge in [0.1, 0.15) is 6.04 Å². The van der Waals surface area contributed by atoms with E-state index in [1.165, 1.54) is 0 Å². The molecule has 5 heteroatoms. The molecule has 0 saturated carbocycles. The van der Waals surface area contributed by atoms with E-state index in [0.717, 1.165) is 60.0 Å². The fourth-order valence-electron chi connectivity index (χ4n) is 4.26. The van der Waals surface area contributed by atoms with Crippen molar-refractivity contribution in [3.05, 3.63) is 95.6 Å². The predicted octanol–water partition coefficient (Wildman–Crippen LogP) is 3.50. The molecule has 0 bridgehead atoms. The molecular weight excluding hydrogens is 384 g/mol. The summed E-state index contributed by atoms with van der Waals surface area (Å²) in [5, 5.41) is 6.57. The fourth-order valence-corrected chi connectivity index (χ4v) is 4.26. The molecule has 5 nitrogen and oxygen atoms in total. The summed E-state index contributed by atoms with van der Waals surface area (Å²) < 4.78 is 0. The number of anilines is 2. The van der Waals surface area contributed by atoms with E-state index >= 15 is 0 Å². The van der Waals surface area contributed by atoms with Gasteiger partial charge in [0.2, 0.25) is 5.91 Å². The van der Waals surface area contributed by atoms with Gasteiger partial charge in [0, 0.05) is 49.4 Å². The molecule has 31 heavy (non-hydrogen) atoms. The Morgan fingerprint density at radius 1 is 0.903 bits per heavy atom. The summed E-state index contributed by atoms with van der Waals surface area (Å²) >= 11 is 0. The lowest BCUT2D eigenvalue weighted by molar-refractivity contribution is -0.117. The molecule has 0 radical (unpaired) electrons. The minimum absolute atomic E-state index is 0.0616. The Hall–Kier alpha value is -3.44. The molecule has 1 amide bonds. The topological polar surface area (TPSA) is 56.7 Å². The summed E-state index contributed by atoms with van der Waals surface area (Å²) in [7, 11) is 0. The summed E-state index contributed by atoms with van der Waals surface area (Å²) in [6, 6.07) is 26.1. The maximum Gasteiger partial charge on any atom is 0.249 e. The largest absolute Gasteiger partial charge is 0.369 e. The minimum Gasteiger partial charge on any atom is -0.369 e. The molecule has 5 rings (SSSR count). The first kappa shape index (κ1) is 19.5. The minimum atomic E-state index is -0.479. The Kier molecular flexibility index (Phi) is 5.50. The average Bonchev–Trinajstić information content (AvgIpc) is 2.96. The van der Waals surface area contributed by atoms with Gasteiger partial charge >= 0.3 is 0 Å². The highest BCUT2D eigenvalue weighted by atomic mass is 16.2. The number of carbonyl (C=O) groups excluding carboxylic acids is 1. The second-order valence-corrected chi connectivity index (χ2v) is 8.01. The van der Waals surface area contributed by atoms with Crippen molar-refractivity contribution in [2.45, 2.75) is 12.5 Å². The number of carbonyl (C=O) groups is 1. The first-order valence-corrected chi connectivity index (χ1v) is 10.9. The number of benzene rings is 3. The molecule has 1 fully saturated rings. The maximum atomic E-state index is 13.2. The van der Waals surface area contributed by atoms with E-state index in [1.54, 1.807) is 0 Å². The molecule has 0 spiro atoms. The van der Waals surface area contributed by atoms with Crippen LogP contribution in [0.25, 0.3) is 0 Å². The van der Waals surface area contributed by atoms with Crippen LogP contribution >= 0.6 is 0 Å². The molecule has 156 valence electrons. The first-order valence-electron chi connectivity index (χ1n) is 10.9. The van der Waals surface area contributed by atoms with Gasteiger partial charge in [-0.15, -0.1) is 0 Å². The van der Waals surface area contributed by atoms with Crippen LogP contribution < -0.4 is 15.5 Å². The van der Waals surface area contributed by atoms with Crippen molar-refractivity contribution in [3.63, 3.8) is 0 Å². The lowest BCUT2D eigenvalue weighted by Gasteiger charge is -2.30. The molecule has 3 aromatic carbocycles. The summed E-state index contributed by atoms with van der Waals surface area (Å²) in [4.78, 5) is 20.5. The van der Waals surface area contributed by atoms with Gasteiger partial charge < -0.3 is 15.5 Å². The Morgan fingerprint density at radius 2 is 1.61 bits per heavy atom. The number of piperazine rings is 1. The van der Waals surface area contributed by atoms with E-state index in [0.29, 0.717) is 6.42 Å². The van der Waals surface area contributed by atoms with Crippen LogP contribution in [-0.2, 0) is 11.2 Å². The van der Waals surface area contributed by atoms with Crippen molar-refractivity contribution in [1.29, 1.82) is 0 Å². The van der Waals surface area contributed by atoms with Gasteiger partial charge in [-0.2, -0.15) is 0 Å². The summed E-state index contributed by atoms with van der Waals surface area (Å²) in [5.41, 5.74) is 5.92. The molecule has 0 aliphatic carbocycles. The van der Waals surface area contributed by atoms with Crippen LogP contribution in [0.15, 0.2) is 83.9 Å². The summed E-state index contributed by atoms with van der Waals surface area (Å²) in [5.74, 6) is -0.0616. The van der Waals surface area contributed by atoms with Gasteiger partial charge in [-0.25, -0.2) is 0 Å². The van der Waals surface area contributed by atoms with Gasteiger partial charge in [-0.3, -0.25) is 9.79 Å². The van der Waals surface area contributed by atoms with Crippen LogP contribution in [0.1, 0.15) is 16.7 Å². The van der Waals surface area contributed by atoms with Crippen LogP contribution in [-0.4, -0.2) is 43.8 Å². The zero-order valence-electron chi connectivity index (χ0n) is 17.4. The molecule has 2 heterocycles. The van der Waals surface area contributed by atoms with Gasteiger partial charge in [0.05, 0.1) is 11.4 Å². The number of hydrogen-bond donors (Lipinski definition) is 2. The van der Waals surface area contributed by atoms with Gasteiger partial charge in [-0.1, -0.05) is 60.7 Å². The lowest BCUT2D eigenvalue weighted by Crippen LogP contribution is -2.43. The number of rotatable bonds is 4. The highest BCUT2D eigenvalue weighted by Crippen LogP contribution is 2.30. The maximum absolute atomic E-state index is 13.2. The molecular formula is C26H26N4O. The van der Waals surface area contributed by atoms with Crippen molar-refractivity contribution in [2.75, 3.05) is 36.4 Å². The van der Waals surface area contributed by atoms with Crippen molar-refractivity contribution in [3.8, 4) is 0 Å². The first-order chi connectivity index (χ1) is 15.3. The number of hydrogen-bond acceptors (Lipinski definition) is 4. The van der Waals surface area contributed by atoms with Crippen LogP contribution in [0.5, 0.6) is 0 Å². The third kappa shape index (κ3) is 4.23. The van der Waals surface area contributed by atoms with E-state index < -0.39 is 6.04 Å². The van der Waals surface area contributed by atoms with Gasteiger partial charge in [0.25, 0.3) is 0 Å². The molecule has 2 N–H and O–H groups in total. The van der Waals surface area contributed by atoms with E-state index in [2.05, 4.69) is 45.9 Å². The van der Waals surface area contributed by atoms with Crippen molar-refractivity contribution in [2.24, 2.45) is 4.99 Å². The molecule has 1 saturated heterocycles. The van der Waals surface area contributed by atoms with Crippen LogP contribution in [0.4, 0.5) is 11.4 Å². The molecule has 1 atom stereocenters. The van der Waals surface area contributed by atoms with Crippen molar-refractivity contribution < 1.29 is 4.79 Å². The van der Waals surface area contributed by atoms with E-state index in [-0.39, 0.29) is 5.91 Å². The molecule has 0 aromatic heterocycles. The second-order valence-electron chi connectivity index (χ2n) is 8.01. The van der Waals surface area contributed by atoms with Crippen LogP contribution in [0.3, 0.4) is 0 Å². The van der Waals surface area contributed by atoms with E-state index in [4.69, 9.17) is 4.99 Å². The van der Waals surface area contributed by atoms with Crippen LogP contribution in [0, 0.1) is 0 Å². The standard InChI is InChI=1S/C26H26N4O/c31-26-24(17-19-7-3-1-4-8-19)28-25(20-9-5-2-6-10-20)22-12-11-21(18-23(22)29-26)30-15-13-27-14-16-30/h1-12,18,24,27H,13-17H2,(H,29,31)/t24-/m0/s1. The third-order valence-corrected chi connectivity index (χ3v) is 5.90. The monoisotopic (exact) mass is 410 g/mol. The number of aliphatic imine (C=N–C) groups is 1. The highest BCUT2D eigenvalue weighted by molar-refractivity contribution is 6.20. The van der Waals surface area contributed by atoms with Crippen LogP contribution in [0.2, 0.25) is 0 Å². The van der Waals surface area contributed by atoms with Crippen molar-refractivity contribution >= 4 is 23.0 Å². The summed E-state index contributed by atoms with van der Waals surface area (Å²) in [6.07, 6.45) is 0.571. The van der Waals surface area contributed by atoms with E-state index in [9.17, 15) is 4.79 Å². The Morgan fingerprint density at radius 3 is 2.35 bits per heavy atom. The van der Waals surface area contributed by atoms with Crippen molar-refractivity contribution in [1.82, 2.24) is 5.32 Å². The predicted molar refractivity (Wildman–Crippen MR) is 126 cm³/mol. The number of benzodiazepines with no additional fused rings is 1. The zero-order valence-corrected chi connectivity index (χ0v) is 17.4. The number of nitrogens with one attached hydrogen (secondary N) is 2. The second kappa shape index (κ2) is 8.74. The number of amides is 1. The van der Waals surface area contributed by atoms with Gasteiger partial charge in [0.15, 0.2) is 0 Å². The molecule has 3 aromatic rings. The Labute approximate surface area is 182 Å². The lowest BCUT2D eigenvalue weighted by atomic mass is 9.99. The third-order valence-electron chi connectivity index (χ3n) is 5.90. The van der Waals surface area contributed by atoms with E-state index in [1.807, 2.05) is 48.5 Å². The SMILES string of the molecule is O=C1Nc2cc(N3CCNCC3)ccc2C(c2ccccc2)=N[C@H]1Cc1ccccc1. The van der Waals surface area contributed by atoms with Gasteiger partial charge in [-0.05, 0) is 23.8 Å². The quantitative estimate of drug-likeness (QED) is 0.692. The Balaban J connectivity index is 1.55. The number of fused-ring (bicyclic) bond motifs is 1. The fraction of sp³-hybridized carbons (Fsp3) is 0.231. The molecule has 0 unspecified atom stereocenters. The smallest absolute Gasteiger partial charge is 0.249 e. The Bertz CT molecular complexity index is 1090. The highest BCUT2D eigenvalue weighted by Gasteiger charge is 2.27. The normalized spacial score (nSPS) is 18.6.